The topological polar surface area (TPSA) is 50.4 Å². The Labute approximate surface area is 84.4 Å². The van der Waals surface area contributed by atoms with Gasteiger partial charge < -0.3 is 15.4 Å². The maximum Gasteiger partial charge on any atom is 0.223 e. The second kappa shape index (κ2) is 4.75. The summed E-state index contributed by atoms with van der Waals surface area (Å²) in [5, 5.41) is 6.21. The summed E-state index contributed by atoms with van der Waals surface area (Å²) in [6.07, 6.45) is 1.77. The third-order valence-corrected chi connectivity index (χ3v) is 3.02. The van der Waals surface area contributed by atoms with Gasteiger partial charge in [-0.15, -0.1) is 0 Å². The summed E-state index contributed by atoms with van der Waals surface area (Å²) < 4.78 is 5.22. The Balaban J connectivity index is 1.65. The molecule has 0 aliphatic carbocycles. The van der Waals surface area contributed by atoms with Gasteiger partial charge >= 0.3 is 0 Å². The zero-order chi connectivity index (χ0) is 9.80. The SMILES string of the molecule is O=C(NCC1CNC1)C1CCOCC1. The fraction of sp³-hybridized carbons (Fsp3) is 0.900. The van der Waals surface area contributed by atoms with Crippen molar-refractivity contribution in [1.29, 1.82) is 0 Å². The van der Waals surface area contributed by atoms with Crippen LogP contribution in [0.1, 0.15) is 12.8 Å². The van der Waals surface area contributed by atoms with E-state index in [-0.39, 0.29) is 11.8 Å². The average molecular weight is 198 g/mol. The van der Waals surface area contributed by atoms with Crippen LogP contribution in [0.4, 0.5) is 0 Å². The molecule has 0 saturated carbocycles. The predicted octanol–water partition coefficient (Wildman–Crippen LogP) is -0.251. The van der Waals surface area contributed by atoms with Gasteiger partial charge in [-0.05, 0) is 12.8 Å². The molecule has 2 aliphatic heterocycles. The van der Waals surface area contributed by atoms with Crippen LogP contribution in [0.3, 0.4) is 0 Å². The second-order valence-electron chi connectivity index (χ2n) is 4.16. The lowest BCUT2D eigenvalue weighted by atomic mass is 9.98. The van der Waals surface area contributed by atoms with Gasteiger partial charge in [-0.1, -0.05) is 0 Å². The summed E-state index contributed by atoms with van der Waals surface area (Å²) in [6.45, 7) is 4.41. The van der Waals surface area contributed by atoms with Crippen molar-refractivity contribution < 1.29 is 9.53 Å². The maximum absolute atomic E-state index is 11.7. The lowest BCUT2D eigenvalue weighted by Gasteiger charge is -2.28. The second-order valence-corrected chi connectivity index (χ2v) is 4.16. The summed E-state index contributed by atoms with van der Waals surface area (Å²) in [4.78, 5) is 11.7. The summed E-state index contributed by atoms with van der Waals surface area (Å²) in [5.74, 6) is 1.07. The molecule has 14 heavy (non-hydrogen) atoms. The molecule has 80 valence electrons. The van der Waals surface area contributed by atoms with Gasteiger partial charge in [0.1, 0.15) is 0 Å². The molecule has 0 unspecified atom stereocenters. The van der Waals surface area contributed by atoms with E-state index in [0.29, 0.717) is 5.92 Å². The molecule has 4 nitrogen and oxygen atoms in total. The fourth-order valence-electron chi connectivity index (χ4n) is 1.84. The molecule has 2 rings (SSSR count). The Hall–Kier alpha value is -0.610. The first-order valence-electron chi connectivity index (χ1n) is 5.42. The highest BCUT2D eigenvalue weighted by atomic mass is 16.5. The van der Waals surface area contributed by atoms with Crippen LogP contribution in [-0.2, 0) is 9.53 Å². The number of hydrogen-bond donors (Lipinski definition) is 2. The van der Waals surface area contributed by atoms with Gasteiger partial charge in [-0.3, -0.25) is 4.79 Å². The number of carbonyl (C=O) groups is 1. The van der Waals surface area contributed by atoms with Gasteiger partial charge in [-0.2, -0.15) is 0 Å². The van der Waals surface area contributed by atoms with Crippen molar-refractivity contribution in [3.05, 3.63) is 0 Å². The van der Waals surface area contributed by atoms with E-state index in [1.165, 1.54) is 0 Å². The summed E-state index contributed by atoms with van der Waals surface area (Å²) in [5.41, 5.74) is 0. The smallest absolute Gasteiger partial charge is 0.223 e. The number of amides is 1. The molecule has 2 fully saturated rings. The van der Waals surface area contributed by atoms with E-state index in [1.54, 1.807) is 0 Å². The van der Waals surface area contributed by atoms with Gasteiger partial charge in [0.15, 0.2) is 0 Å². The van der Waals surface area contributed by atoms with E-state index in [2.05, 4.69) is 10.6 Å². The largest absolute Gasteiger partial charge is 0.381 e. The van der Waals surface area contributed by atoms with E-state index >= 15 is 0 Å². The van der Waals surface area contributed by atoms with Crippen LogP contribution in [-0.4, -0.2) is 38.8 Å². The van der Waals surface area contributed by atoms with Crippen molar-refractivity contribution in [2.45, 2.75) is 12.8 Å². The van der Waals surface area contributed by atoms with Gasteiger partial charge in [0.2, 0.25) is 5.91 Å². The Morgan fingerprint density at radius 2 is 2.07 bits per heavy atom. The van der Waals surface area contributed by atoms with E-state index in [1.807, 2.05) is 0 Å². The number of rotatable bonds is 3. The first-order chi connectivity index (χ1) is 6.86. The third kappa shape index (κ3) is 2.45. The first kappa shape index (κ1) is 9.93. The Morgan fingerprint density at radius 3 is 2.64 bits per heavy atom. The normalized spacial score (nSPS) is 24.3. The highest BCUT2D eigenvalue weighted by Gasteiger charge is 2.23. The van der Waals surface area contributed by atoms with Crippen molar-refractivity contribution in [1.82, 2.24) is 10.6 Å². The Bertz CT molecular complexity index is 198. The monoisotopic (exact) mass is 198 g/mol. The molecule has 0 spiro atoms. The zero-order valence-electron chi connectivity index (χ0n) is 8.42. The first-order valence-corrected chi connectivity index (χ1v) is 5.42. The minimum Gasteiger partial charge on any atom is -0.381 e. The molecule has 1 amide bonds. The van der Waals surface area contributed by atoms with Gasteiger partial charge in [0, 0.05) is 44.7 Å². The molecule has 2 N–H and O–H groups in total. The summed E-state index contributed by atoms with van der Waals surface area (Å²) in [6, 6.07) is 0. The average Bonchev–Trinajstić information content (AvgIpc) is 2.16. The van der Waals surface area contributed by atoms with Crippen LogP contribution in [0.5, 0.6) is 0 Å². The molecule has 0 aromatic rings. The standard InChI is InChI=1S/C10H18N2O2/c13-10(9-1-3-14-4-2-9)12-7-8-5-11-6-8/h8-9,11H,1-7H2,(H,12,13). The molecule has 0 aromatic carbocycles. The third-order valence-electron chi connectivity index (χ3n) is 3.02. The molecule has 0 bridgehead atoms. The number of nitrogens with one attached hydrogen (secondary N) is 2. The molecule has 2 saturated heterocycles. The van der Waals surface area contributed by atoms with Crippen LogP contribution < -0.4 is 10.6 Å². The zero-order valence-corrected chi connectivity index (χ0v) is 8.42. The van der Waals surface area contributed by atoms with Crippen molar-refractivity contribution in [2.75, 3.05) is 32.8 Å². The quantitative estimate of drug-likeness (QED) is 0.657. The molecule has 0 aromatic heterocycles. The minimum atomic E-state index is 0.191. The highest BCUT2D eigenvalue weighted by Crippen LogP contribution is 2.14. The molecule has 0 atom stereocenters. The summed E-state index contributed by atoms with van der Waals surface area (Å²) in [7, 11) is 0. The van der Waals surface area contributed by atoms with Crippen molar-refractivity contribution >= 4 is 5.91 Å². The predicted molar refractivity (Wildman–Crippen MR) is 52.9 cm³/mol. The molecule has 2 aliphatic rings. The molecule has 0 radical (unpaired) electrons. The molecular weight excluding hydrogens is 180 g/mol. The molecular formula is C10H18N2O2. The Morgan fingerprint density at radius 1 is 1.36 bits per heavy atom. The van der Waals surface area contributed by atoms with Crippen LogP contribution in [0, 0.1) is 11.8 Å². The van der Waals surface area contributed by atoms with Gasteiger partial charge in [0.05, 0.1) is 0 Å². The number of ether oxygens (including phenoxy) is 1. The van der Waals surface area contributed by atoms with Crippen molar-refractivity contribution in [3.8, 4) is 0 Å². The Kier molecular flexibility index (Phi) is 3.37. The minimum absolute atomic E-state index is 0.191. The van der Waals surface area contributed by atoms with Crippen LogP contribution in [0.2, 0.25) is 0 Å². The van der Waals surface area contributed by atoms with E-state index in [9.17, 15) is 4.79 Å². The highest BCUT2D eigenvalue weighted by molar-refractivity contribution is 5.78. The molecule has 2 heterocycles. The van der Waals surface area contributed by atoms with Crippen molar-refractivity contribution in [3.63, 3.8) is 0 Å². The van der Waals surface area contributed by atoms with Crippen molar-refractivity contribution in [2.24, 2.45) is 11.8 Å². The van der Waals surface area contributed by atoms with Crippen LogP contribution >= 0.6 is 0 Å². The molecule has 4 heteroatoms. The lowest BCUT2D eigenvalue weighted by Crippen LogP contribution is -2.49. The van der Waals surface area contributed by atoms with E-state index in [4.69, 9.17) is 4.74 Å². The van der Waals surface area contributed by atoms with E-state index in [0.717, 1.165) is 45.7 Å². The van der Waals surface area contributed by atoms with Crippen LogP contribution in [0.15, 0.2) is 0 Å². The lowest BCUT2D eigenvalue weighted by molar-refractivity contribution is -0.128. The van der Waals surface area contributed by atoms with Gasteiger partial charge in [-0.25, -0.2) is 0 Å². The van der Waals surface area contributed by atoms with Gasteiger partial charge in [0.25, 0.3) is 0 Å². The van der Waals surface area contributed by atoms with Crippen LogP contribution in [0.25, 0.3) is 0 Å². The maximum atomic E-state index is 11.7. The number of hydrogen-bond acceptors (Lipinski definition) is 3. The van der Waals surface area contributed by atoms with E-state index < -0.39 is 0 Å². The summed E-state index contributed by atoms with van der Waals surface area (Å²) >= 11 is 0. The number of carbonyl (C=O) groups excluding carboxylic acids is 1. The fourth-order valence-corrected chi connectivity index (χ4v) is 1.84.